The van der Waals surface area contributed by atoms with E-state index in [4.69, 9.17) is 13.8 Å². The van der Waals surface area contributed by atoms with E-state index < -0.39 is 0 Å². The summed E-state index contributed by atoms with van der Waals surface area (Å²) in [6.45, 7) is 0. The number of fused-ring (bicyclic) bond motifs is 9. The topological polar surface area (TPSA) is 55.3 Å². The molecule has 0 bridgehead atoms. The number of furan rings is 2. The van der Waals surface area contributed by atoms with Gasteiger partial charge in [-0.1, -0.05) is 72.8 Å². The highest BCUT2D eigenvalue weighted by Crippen LogP contribution is 2.43. The van der Waals surface area contributed by atoms with Crippen LogP contribution < -0.4 is 4.90 Å². The second kappa shape index (κ2) is 8.41. The Bertz CT molecular complexity index is 2450. The second-order valence-electron chi connectivity index (χ2n) is 10.3. The molecule has 0 amide bonds. The molecule has 0 aliphatic rings. The van der Waals surface area contributed by atoms with E-state index in [9.17, 15) is 0 Å². The number of hydrogen-bond acceptors (Lipinski definition) is 5. The highest BCUT2D eigenvalue weighted by Gasteiger charge is 2.22. The molecule has 0 saturated carbocycles. The van der Waals surface area contributed by atoms with Gasteiger partial charge in [-0.15, -0.1) is 0 Å². The molecule has 4 heterocycles. The lowest BCUT2D eigenvalue weighted by Crippen LogP contribution is -2.12. The van der Waals surface area contributed by atoms with Gasteiger partial charge in [0.05, 0.1) is 6.20 Å². The van der Waals surface area contributed by atoms with Crippen LogP contribution in [0.25, 0.3) is 65.6 Å². The molecule has 0 fully saturated rings. The summed E-state index contributed by atoms with van der Waals surface area (Å²) in [6.07, 6.45) is 3.73. The van der Waals surface area contributed by atoms with E-state index in [0.29, 0.717) is 0 Å². The predicted octanol–water partition coefficient (Wildman–Crippen LogP) is 10.1. The van der Waals surface area contributed by atoms with Crippen LogP contribution in [-0.4, -0.2) is 9.97 Å². The van der Waals surface area contributed by atoms with E-state index in [-0.39, 0.29) is 0 Å². The second-order valence-corrected chi connectivity index (χ2v) is 10.3. The largest absolute Gasteiger partial charge is 0.454 e. The first-order valence-electron chi connectivity index (χ1n) is 13.6. The minimum Gasteiger partial charge on any atom is -0.454 e. The van der Waals surface area contributed by atoms with Crippen molar-refractivity contribution in [1.82, 2.24) is 9.97 Å². The lowest BCUT2D eigenvalue weighted by molar-refractivity contribution is 0.668. The summed E-state index contributed by atoms with van der Waals surface area (Å²) < 4.78 is 12.6. The fraction of sp³-hybridized carbons (Fsp3) is 0. The van der Waals surface area contributed by atoms with Crippen LogP contribution in [0.1, 0.15) is 0 Å². The minimum atomic E-state index is 0.749. The first kappa shape index (κ1) is 22.2. The molecule has 0 unspecified atom stereocenters. The van der Waals surface area contributed by atoms with E-state index in [0.717, 1.165) is 66.6 Å². The van der Waals surface area contributed by atoms with Crippen molar-refractivity contribution in [3.63, 3.8) is 0 Å². The standard InChI is InChI=1S/C36H21N3O2/c1-2-8-25-22(7-1)13-14-23-19-24(15-16-26(23)25)39(30-21-37-20-29-27-9-3-5-11-31(27)41-36(29)30)34-18-17-33-35(38-34)28-10-4-6-12-32(28)40-33/h1-21H. The van der Waals surface area contributed by atoms with E-state index in [1.807, 2.05) is 67.0 Å². The van der Waals surface area contributed by atoms with Crippen LogP contribution in [0, 0.1) is 0 Å². The molecule has 41 heavy (non-hydrogen) atoms. The maximum atomic E-state index is 6.47. The zero-order chi connectivity index (χ0) is 26.9. The lowest BCUT2D eigenvalue weighted by atomic mass is 10.0. The van der Waals surface area contributed by atoms with Crippen LogP contribution in [0.5, 0.6) is 0 Å². The monoisotopic (exact) mass is 527 g/mol. The third-order valence-corrected chi connectivity index (χ3v) is 7.93. The molecule has 5 heteroatoms. The molecule has 0 N–H and O–H groups in total. The van der Waals surface area contributed by atoms with Crippen molar-refractivity contribution in [2.24, 2.45) is 0 Å². The van der Waals surface area contributed by atoms with Gasteiger partial charge in [0.2, 0.25) is 0 Å². The average Bonchev–Trinajstić information content (AvgIpc) is 3.60. The smallest absolute Gasteiger partial charge is 0.162 e. The van der Waals surface area contributed by atoms with Crippen molar-refractivity contribution in [3.05, 3.63) is 128 Å². The Morgan fingerprint density at radius 2 is 1.24 bits per heavy atom. The Balaban J connectivity index is 1.34. The van der Waals surface area contributed by atoms with Crippen LogP contribution in [0.3, 0.4) is 0 Å². The van der Waals surface area contributed by atoms with Gasteiger partial charge in [0.1, 0.15) is 28.2 Å². The molecular formula is C36H21N3O2. The van der Waals surface area contributed by atoms with Crippen molar-refractivity contribution in [3.8, 4) is 0 Å². The maximum absolute atomic E-state index is 6.47. The van der Waals surface area contributed by atoms with Gasteiger partial charge in [-0.25, -0.2) is 4.98 Å². The number of pyridine rings is 2. The summed E-state index contributed by atoms with van der Waals surface area (Å²) in [5.41, 5.74) is 5.75. The van der Waals surface area contributed by atoms with E-state index >= 15 is 0 Å². The number of anilines is 3. The fourth-order valence-electron chi connectivity index (χ4n) is 6.02. The summed E-state index contributed by atoms with van der Waals surface area (Å²) in [4.78, 5) is 12.0. The molecule has 0 saturated heterocycles. The predicted molar refractivity (Wildman–Crippen MR) is 166 cm³/mol. The van der Waals surface area contributed by atoms with Crippen molar-refractivity contribution >= 4 is 82.7 Å². The van der Waals surface area contributed by atoms with Gasteiger partial charge >= 0.3 is 0 Å². The van der Waals surface area contributed by atoms with E-state index in [1.165, 1.54) is 16.2 Å². The number of nitrogens with zero attached hydrogens (tertiary/aromatic N) is 3. The maximum Gasteiger partial charge on any atom is 0.162 e. The van der Waals surface area contributed by atoms with Crippen LogP contribution in [0.15, 0.2) is 136 Å². The normalized spacial score (nSPS) is 11.9. The molecular weight excluding hydrogens is 506 g/mol. The van der Waals surface area contributed by atoms with Gasteiger partial charge in [0, 0.05) is 28.0 Å². The van der Waals surface area contributed by atoms with Crippen LogP contribution in [-0.2, 0) is 0 Å². The van der Waals surface area contributed by atoms with Crippen molar-refractivity contribution in [1.29, 1.82) is 0 Å². The molecule has 0 spiro atoms. The Labute approximate surface area is 233 Å². The Morgan fingerprint density at radius 1 is 0.512 bits per heavy atom. The summed E-state index contributed by atoms with van der Waals surface area (Å²) in [5.74, 6) is 0.749. The Hall–Kier alpha value is -5.68. The minimum absolute atomic E-state index is 0.749. The van der Waals surface area contributed by atoms with Gasteiger partial charge in [-0.2, -0.15) is 0 Å². The molecule has 0 atom stereocenters. The highest BCUT2D eigenvalue weighted by molar-refractivity contribution is 6.11. The fourth-order valence-corrected chi connectivity index (χ4v) is 6.02. The molecule has 192 valence electrons. The van der Waals surface area contributed by atoms with Gasteiger partial charge in [0.15, 0.2) is 11.2 Å². The summed E-state index contributed by atoms with van der Waals surface area (Å²) in [6, 6.07) is 39.5. The van der Waals surface area contributed by atoms with Crippen LogP contribution in [0.2, 0.25) is 0 Å². The van der Waals surface area contributed by atoms with Gasteiger partial charge in [-0.3, -0.25) is 9.88 Å². The quantitative estimate of drug-likeness (QED) is 0.214. The van der Waals surface area contributed by atoms with Crippen LogP contribution in [0.4, 0.5) is 17.2 Å². The Morgan fingerprint density at radius 3 is 2.15 bits per heavy atom. The van der Waals surface area contributed by atoms with Gasteiger partial charge in [-0.05, 0) is 64.0 Å². The van der Waals surface area contributed by atoms with Gasteiger partial charge in [0.25, 0.3) is 0 Å². The first-order valence-corrected chi connectivity index (χ1v) is 13.6. The van der Waals surface area contributed by atoms with E-state index in [2.05, 4.69) is 70.5 Å². The first-order chi connectivity index (χ1) is 20.3. The zero-order valence-electron chi connectivity index (χ0n) is 21.8. The molecule has 9 rings (SSSR count). The number of aromatic nitrogens is 2. The molecule has 5 nitrogen and oxygen atoms in total. The number of benzene rings is 5. The van der Waals surface area contributed by atoms with Crippen molar-refractivity contribution in [2.75, 3.05) is 4.90 Å². The molecule has 0 aliphatic carbocycles. The molecule has 0 aliphatic heterocycles. The average molecular weight is 528 g/mol. The van der Waals surface area contributed by atoms with Crippen molar-refractivity contribution in [2.45, 2.75) is 0 Å². The van der Waals surface area contributed by atoms with E-state index in [1.54, 1.807) is 0 Å². The zero-order valence-corrected chi connectivity index (χ0v) is 21.8. The van der Waals surface area contributed by atoms with Crippen LogP contribution >= 0.6 is 0 Å². The SMILES string of the molecule is c1ccc2c(c1)ccc1cc(N(c3ccc4oc5ccccc5c4n3)c3cncc4c3oc3ccccc34)ccc12. The molecule has 9 aromatic rings. The highest BCUT2D eigenvalue weighted by atomic mass is 16.3. The molecule has 4 aromatic heterocycles. The summed E-state index contributed by atoms with van der Waals surface area (Å²) >= 11 is 0. The molecule has 0 radical (unpaired) electrons. The van der Waals surface area contributed by atoms with Crippen molar-refractivity contribution < 1.29 is 8.83 Å². The van der Waals surface area contributed by atoms with Gasteiger partial charge < -0.3 is 8.83 Å². The third kappa shape index (κ3) is 3.29. The molecule has 5 aromatic carbocycles. The lowest BCUT2D eigenvalue weighted by Gasteiger charge is -2.24. The number of para-hydroxylation sites is 2. The number of hydrogen-bond donors (Lipinski definition) is 0. The summed E-state index contributed by atoms with van der Waals surface area (Å²) in [5, 5.41) is 7.78. The summed E-state index contributed by atoms with van der Waals surface area (Å²) in [7, 11) is 0. The number of rotatable bonds is 3. The third-order valence-electron chi connectivity index (χ3n) is 7.93. The Kier molecular flexibility index (Phi) is 4.55.